The number of nitrogens with one attached hydrogen (secondary N) is 2. The topological polar surface area (TPSA) is 153 Å². The summed E-state index contributed by atoms with van der Waals surface area (Å²) in [7, 11) is 0. The fraction of sp³-hybridized carbons (Fsp3) is 0.529. The molecule has 4 heterocycles. The molecule has 2 N–H and O–H groups in total. The van der Waals surface area contributed by atoms with Gasteiger partial charge in [0.05, 0.1) is 17.9 Å². The second-order valence-electron chi connectivity index (χ2n) is 13.6. The van der Waals surface area contributed by atoms with E-state index in [-0.39, 0.29) is 36.9 Å². The summed E-state index contributed by atoms with van der Waals surface area (Å²) in [4.78, 5) is 53.5. The number of amides is 4. The Hall–Kier alpha value is -3.85. The number of imide groups is 1. The highest BCUT2D eigenvalue weighted by molar-refractivity contribution is 7.89. The van der Waals surface area contributed by atoms with Crippen LogP contribution in [0.2, 0.25) is 0 Å². The number of ether oxygens (including phenoxy) is 3. The zero-order valence-corrected chi connectivity index (χ0v) is 28.4. The third-order valence-corrected chi connectivity index (χ3v) is 10.3. The molecule has 2 atom stereocenters. The zero-order valence-electron chi connectivity index (χ0n) is 27.6. The van der Waals surface area contributed by atoms with Crippen LogP contribution in [0.5, 0.6) is 11.5 Å². The highest BCUT2D eigenvalue weighted by Gasteiger charge is 2.40. The van der Waals surface area contributed by atoms with Gasteiger partial charge in [-0.05, 0) is 64.3 Å². The average molecular weight is 682 g/mol. The third-order valence-electron chi connectivity index (χ3n) is 8.85. The lowest BCUT2D eigenvalue weighted by Crippen LogP contribution is -2.54. The molecule has 0 aliphatic carbocycles. The molecule has 258 valence electrons. The first-order valence-corrected chi connectivity index (χ1v) is 17.6. The van der Waals surface area contributed by atoms with Crippen molar-refractivity contribution in [2.24, 2.45) is 0 Å². The molecule has 4 aliphatic rings. The Morgan fingerprint density at radius 2 is 1.81 bits per heavy atom. The van der Waals surface area contributed by atoms with Crippen molar-refractivity contribution in [2.75, 3.05) is 39.3 Å². The van der Waals surface area contributed by atoms with Crippen LogP contribution < -0.4 is 20.1 Å². The minimum atomic E-state index is -1.34. The summed E-state index contributed by atoms with van der Waals surface area (Å²) in [5.74, 6) is 0.325. The van der Waals surface area contributed by atoms with Crippen molar-refractivity contribution in [3.8, 4) is 11.5 Å². The maximum absolute atomic E-state index is 13.3. The van der Waals surface area contributed by atoms with Crippen molar-refractivity contribution in [3.05, 3.63) is 53.6 Å². The van der Waals surface area contributed by atoms with Gasteiger partial charge in [0.2, 0.25) is 11.8 Å². The number of likely N-dealkylation sites (tertiary alicyclic amines) is 1. The van der Waals surface area contributed by atoms with Gasteiger partial charge in [-0.15, -0.1) is 4.31 Å². The van der Waals surface area contributed by atoms with E-state index in [1.54, 1.807) is 12.1 Å². The molecular weight excluding hydrogens is 638 g/mol. The lowest BCUT2D eigenvalue weighted by Gasteiger charge is -2.38. The monoisotopic (exact) mass is 681 g/mol. The summed E-state index contributed by atoms with van der Waals surface area (Å²) < 4.78 is 32.9. The van der Waals surface area contributed by atoms with Gasteiger partial charge in [-0.25, -0.2) is 4.79 Å². The largest absolute Gasteiger partial charge is 0.593 e. The molecule has 3 fully saturated rings. The number of piperidine rings is 2. The first kappa shape index (κ1) is 34.0. The third kappa shape index (κ3) is 8.05. The van der Waals surface area contributed by atoms with Gasteiger partial charge in [0.25, 0.3) is 5.91 Å². The van der Waals surface area contributed by atoms with Crippen LogP contribution >= 0.6 is 0 Å². The number of carbonyl (C=O) groups excluding carboxylic acids is 4. The Balaban J connectivity index is 0.924. The number of rotatable bonds is 10. The molecule has 0 spiro atoms. The Labute approximate surface area is 283 Å². The van der Waals surface area contributed by atoms with Crippen LogP contribution in [0.15, 0.2) is 47.4 Å². The smallest absolute Gasteiger partial charge is 0.407 e. The predicted molar refractivity (Wildman–Crippen MR) is 176 cm³/mol. The molecule has 13 nitrogen and oxygen atoms in total. The molecule has 3 saturated heterocycles. The van der Waals surface area contributed by atoms with E-state index in [1.807, 2.05) is 55.4 Å². The van der Waals surface area contributed by atoms with E-state index in [9.17, 15) is 23.7 Å². The zero-order chi connectivity index (χ0) is 34.0. The number of carbonyl (C=O) groups is 4. The Kier molecular flexibility index (Phi) is 10.2. The van der Waals surface area contributed by atoms with Crippen LogP contribution in [0.3, 0.4) is 0 Å². The van der Waals surface area contributed by atoms with Crippen molar-refractivity contribution in [1.29, 1.82) is 0 Å². The summed E-state index contributed by atoms with van der Waals surface area (Å²) in [6, 6.07) is 12.1. The van der Waals surface area contributed by atoms with E-state index in [2.05, 4.69) is 15.5 Å². The van der Waals surface area contributed by atoms with Gasteiger partial charge in [0, 0.05) is 62.4 Å². The molecule has 48 heavy (non-hydrogen) atoms. The molecule has 0 radical (unpaired) electrons. The van der Waals surface area contributed by atoms with E-state index in [0.717, 1.165) is 18.7 Å². The van der Waals surface area contributed by atoms with Gasteiger partial charge in [0.1, 0.15) is 35.9 Å². The Morgan fingerprint density at radius 1 is 1.06 bits per heavy atom. The van der Waals surface area contributed by atoms with Crippen LogP contribution in [-0.4, -0.2) is 106 Å². The SMILES string of the molecule is CC(C)(C)OC(=O)NC1CCN([S+]([O-])c2cccc(OC3CN(CCOc4cccc5c4CN(C4CCC(=O)NC4=O)C5=O)C3)c2)CC1. The van der Waals surface area contributed by atoms with E-state index < -0.39 is 35.0 Å². The molecule has 0 saturated carbocycles. The second kappa shape index (κ2) is 14.3. The van der Waals surface area contributed by atoms with Gasteiger partial charge in [0.15, 0.2) is 4.90 Å². The Morgan fingerprint density at radius 3 is 2.54 bits per heavy atom. The average Bonchev–Trinajstić information content (AvgIpc) is 3.35. The quantitative estimate of drug-likeness (QED) is 0.283. The second-order valence-corrected chi connectivity index (χ2v) is 15.1. The maximum atomic E-state index is 13.3. The van der Waals surface area contributed by atoms with E-state index >= 15 is 0 Å². The maximum Gasteiger partial charge on any atom is 0.407 e. The van der Waals surface area contributed by atoms with Crippen LogP contribution in [0.25, 0.3) is 0 Å². The van der Waals surface area contributed by atoms with Crippen molar-refractivity contribution in [2.45, 2.75) is 81.7 Å². The molecule has 0 bridgehead atoms. The Bertz CT molecular complexity index is 1540. The lowest BCUT2D eigenvalue weighted by molar-refractivity contribution is -0.136. The minimum absolute atomic E-state index is 0.00373. The molecule has 4 aliphatic heterocycles. The molecule has 4 amide bonds. The number of nitrogens with zero attached hydrogens (tertiary/aromatic N) is 3. The van der Waals surface area contributed by atoms with Crippen molar-refractivity contribution in [3.63, 3.8) is 0 Å². The number of alkyl carbamates (subject to hydrolysis) is 1. The van der Waals surface area contributed by atoms with E-state index in [4.69, 9.17) is 14.2 Å². The van der Waals surface area contributed by atoms with Gasteiger partial charge in [-0.3, -0.25) is 24.6 Å². The molecule has 2 unspecified atom stereocenters. The van der Waals surface area contributed by atoms with Crippen LogP contribution in [0.4, 0.5) is 4.79 Å². The molecule has 6 rings (SSSR count). The number of hydrogen-bond donors (Lipinski definition) is 2. The minimum Gasteiger partial charge on any atom is -0.593 e. The van der Waals surface area contributed by atoms with Crippen molar-refractivity contribution >= 4 is 35.2 Å². The number of benzene rings is 2. The van der Waals surface area contributed by atoms with Crippen LogP contribution in [-0.2, 0) is 32.2 Å². The first-order valence-electron chi connectivity index (χ1n) is 16.5. The van der Waals surface area contributed by atoms with Crippen LogP contribution in [0.1, 0.15) is 62.4 Å². The van der Waals surface area contributed by atoms with Crippen molar-refractivity contribution < 1.29 is 37.9 Å². The fourth-order valence-corrected chi connectivity index (χ4v) is 7.65. The standard InChI is InChI=1S/C34H43N5O8S/c1-34(2,3)47-33(43)35-22-12-14-38(15-13-22)48(44)25-7-4-6-23(18-25)46-24-19-37(20-24)16-17-45-29-9-5-8-26-27(29)21-39(32(26)42)28-10-11-30(40)36-31(28)41/h4-9,18,22,24,28H,10-17,19-21H2,1-3H3,(H,35,43)(H,36,40,41). The highest BCUT2D eigenvalue weighted by atomic mass is 32.2. The first-order chi connectivity index (χ1) is 22.9. The fourth-order valence-electron chi connectivity index (χ4n) is 6.39. The molecule has 14 heteroatoms. The predicted octanol–water partition coefficient (Wildman–Crippen LogP) is 2.60. The number of fused-ring (bicyclic) bond motifs is 1. The lowest BCUT2D eigenvalue weighted by atomic mass is 10.0. The molecule has 2 aromatic carbocycles. The molecule has 2 aromatic rings. The molecule has 0 aromatic heterocycles. The summed E-state index contributed by atoms with van der Waals surface area (Å²) >= 11 is -1.34. The normalized spacial score (nSPS) is 21.7. The summed E-state index contributed by atoms with van der Waals surface area (Å²) in [6.45, 7) is 9.51. The van der Waals surface area contributed by atoms with Crippen LogP contribution in [0, 0.1) is 0 Å². The highest BCUT2D eigenvalue weighted by Crippen LogP contribution is 2.34. The summed E-state index contributed by atoms with van der Waals surface area (Å²) in [5.41, 5.74) is 0.735. The van der Waals surface area contributed by atoms with Gasteiger partial charge >= 0.3 is 6.09 Å². The number of hydrogen-bond acceptors (Lipinski definition) is 10. The molecular formula is C34H43N5O8S. The summed E-state index contributed by atoms with van der Waals surface area (Å²) in [6.07, 6.45) is 1.48. The van der Waals surface area contributed by atoms with E-state index in [1.165, 1.54) is 4.90 Å². The van der Waals surface area contributed by atoms with Gasteiger partial charge in [-0.1, -0.05) is 12.1 Å². The summed E-state index contributed by atoms with van der Waals surface area (Å²) in [5, 5.41) is 5.25. The van der Waals surface area contributed by atoms with Crippen molar-refractivity contribution in [1.82, 2.24) is 24.7 Å². The van der Waals surface area contributed by atoms with Gasteiger partial charge in [-0.2, -0.15) is 0 Å². The van der Waals surface area contributed by atoms with E-state index in [0.29, 0.717) is 67.5 Å². The van der Waals surface area contributed by atoms with Gasteiger partial charge < -0.3 is 29.0 Å².